The van der Waals surface area contributed by atoms with Crippen LogP contribution in [0.4, 0.5) is 34.1 Å². The van der Waals surface area contributed by atoms with Crippen molar-refractivity contribution in [3.63, 3.8) is 0 Å². The largest absolute Gasteiger partial charge is 0.490 e. The predicted octanol–water partition coefficient (Wildman–Crippen LogP) is 12.4. The van der Waals surface area contributed by atoms with E-state index in [-0.39, 0.29) is 23.0 Å². The average Bonchev–Trinajstić information content (AvgIpc) is 3.30. The second-order valence-electron chi connectivity index (χ2n) is 21.2. The first-order valence-corrected chi connectivity index (χ1v) is 23.4. The molecule has 0 N–H and O–H groups in total. The van der Waals surface area contributed by atoms with E-state index in [0.29, 0.717) is 26.4 Å². The maximum Gasteiger partial charge on any atom is 0.264 e. The van der Waals surface area contributed by atoms with E-state index in [1.54, 1.807) is 0 Å². The van der Waals surface area contributed by atoms with E-state index in [2.05, 4.69) is 160 Å². The first-order valence-electron chi connectivity index (χ1n) is 22.6. The maximum atomic E-state index is 6.59. The molecule has 10 rings (SSSR count). The van der Waals surface area contributed by atoms with Crippen LogP contribution in [0.1, 0.15) is 114 Å². The number of benzene rings is 5. The Morgan fingerprint density at radius 2 is 1.06 bits per heavy atom. The van der Waals surface area contributed by atoms with E-state index >= 15 is 0 Å². The van der Waals surface area contributed by atoms with Crippen molar-refractivity contribution in [2.75, 3.05) is 36.2 Å². The van der Waals surface area contributed by atoms with Crippen molar-refractivity contribution in [3.8, 4) is 23.0 Å². The minimum atomic E-state index is -0.158. The van der Waals surface area contributed by atoms with Crippen molar-refractivity contribution >= 4 is 78.0 Å². The standard InChI is InChI=1S/C54H61BN2O4S/c1-30-22-35(53(8,9)10)23-31(2)47(30)56-39-29-43-42(58-18-14-19-59-43)28-38(39)55-46-40(56)26-36(54(11,12)13)27-41(46)57(48-32(3)24-44-50(33(48)4)61-21-15-20-60-44)49-37-25-34(52(5,6)7)16-17-45(37)62-51(49)55/h16-17,22-29H,14-15,18-21H2,1-13H3. The van der Waals surface area contributed by atoms with Gasteiger partial charge in [-0.2, -0.15) is 0 Å². The summed E-state index contributed by atoms with van der Waals surface area (Å²) in [7, 11) is 0. The minimum Gasteiger partial charge on any atom is -0.490 e. The fourth-order valence-electron chi connectivity index (χ4n) is 10.2. The fraction of sp³-hybridized carbons (Fsp3) is 0.407. The van der Waals surface area contributed by atoms with Gasteiger partial charge in [-0.25, -0.2) is 0 Å². The monoisotopic (exact) mass is 844 g/mol. The van der Waals surface area contributed by atoms with Gasteiger partial charge in [-0.1, -0.05) is 80.5 Å². The molecular formula is C54H61BN2O4S. The molecule has 5 heterocycles. The second kappa shape index (κ2) is 14.2. The van der Waals surface area contributed by atoms with Crippen LogP contribution in [0, 0.1) is 27.7 Å². The van der Waals surface area contributed by atoms with Crippen LogP contribution in [0.2, 0.25) is 0 Å². The Morgan fingerprint density at radius 3 is 1.69 bits per heavy atom. The summed E-state index contributed by atoms with van der Waals surface area (Å²) in [5.41, 5.74) is 18.2. The average molecular weight is 845 g/mol. The molecule has 0 amide bonds. The van der Waals surface area contributed by atoms with Gasteiger partial charge in [0.05, 0.1) is 43.5 Å². The van der Waals surface area contributed by atoms with Gasteiger partial charge in [-0.3, -0.25) is 0 Å². The zero-order valence-electron chi connectivity index (χ0n) is 39.0. The van der Waals surface area contributed by atoms with Crippen LogP contribution >= 0.6 is 11.3 Å². The second-order valence-corrected chi connectivity index (χ2v) is 22.3. The van der Waals surface area contributed by atoms with Crippen LogP contribution in [-0.2, 0) is 16.2 Å². The lowest BCUT2D eigenvalue weighted by molar-refractivity contribution is 0.296. The van der Waals surface area contributed by atoms with E-state index in [9.17, 15) is 0 Å². The first kappa shape index (κ1) is 41.0. The molecule has 6 aromatic rings. The van der Waals surface area contributed by atoms with Crippen molar-refractivity contribution in [3.05, 3.63) is 99.6 Å². The summed E-state index contributed by atoms with van der Waals surface area (Å²) in [6, 6.07) is 23.8. The van der Waals surface area contributed by atoms with E-state index in [1.807, 2.05) is 11.3 Å². The number of hydrogen-bond acceptors (Lipinski definition) is 7. The van der Waals surface area contributed by atoms with Crippen molar-refractivity contribution in [1.82, 2.24) is 0 Å². The van der Waals surface area contributed by atoms with Gasteiger partial charge in [0.15, 0.2) is 23.0 Å². The molecule has 0 fully saturated rings. The number of aryl methyl sites for hydroxylation is 3. The molecule has 0 aliphatic carbocycles. The van der Waals surface area contributed by atoms with E-state index in [0.717, 1.165) is 58.3 Å². The zero-order chi connectivity index (χ0) is 43.8. The lowest BCUT2D eigenvalue weighted by Gasteiger charge is -2.45. The first-order chi connectivity index (χ1) is 29.3. The Kier molecular flexibility index (Phi) is 9.40. The van der Waals surface area contributed by atoms with Crippen LogP contribution in [0.5, 0.6) is 23.0 Å². The van der Waals surface area contributed by atoms with E-state index < -0.39 is 0 Å². The van der Waals surface area contributed by atoms with Crippen molar-refractivity contribution < 1.29 is 18.9 Å². The van der Waals surface area contributed by atoms with Gasteiger partial charge in [-0.05, 0) is 125 Å². The molecule has 1 aromatic heterocycles. The fourth-order valence-corrected chi connectivity index (χ4v) is 11.5. The normalized spacial score (nSPS) is 15.9. The Hall–Kier alpha value is -5.08. The lowest BCUT2D eigenvalue weighted by atomic mass is 9.36. The number of nitrogens with zero attached hydrogens (tertiary/aromatic N) is 2. The van der Waals surface area contributed by atoms with Crippen molar-refractivity contribution in [2.45, 2.75) is 119 Å². The van der Waals surface area contributed by atoms with Gasteiger partial charge >= 0.3 is 0 Å². The predicted molar refractivity (Wildman–Crippen MR) is 262 cm³/mol. The van der Waals surface area contributed by atoms with Gasteiger partial charge in [0.25, 0.3) is 6.71 Å². The molecule has 0 bridgehead atoms. The zero-order valence-corrected chi connectivity index (χ0v) is 39.8. The van der Waals surface area contributed by atoms with Crippen LogP contribution in [0.3, 0.4) is 0 Å². The number of fused-ring (bicyclic) bond motifs is 8. The van der Waals surface area contributed by atoms with E-state index in [4.69, 9.17) is 18.9 Å². The highest BCUT2D eigenvalue weighted by atomic mass is 32.1. The summed E-state index contributed by atoms with van der Waals surface area (Å²) in [4.78, 5) is 5.20. The highest BCUT2D eigenvalue weighted by Gasteiger charge is 2.48. The third-order valence-corrected chi connectivity index (χ3v) is 14.7. The van der Waals surface area contributed by atoms with E-state index in [1.165, 1.54) is 76.4 Å². The molecule has 6 nitrogen and oxygen atoms in total. The van der Waals surface area contributed by atoms with Gasteiger partial charge in [0.2, 0.25) is 0 Å². The summed E-state index contributed by atoms with van der Waals surface area (Å²) in [5.74, 6) is 3.31. The van der Waals surface area contributed by atoms with Gasteiger partial charge < -0.3 is 28.7 Å². The number of hydrogen-bond donors (Lipinski definition) is 0. The van der Waals surface area contributed by atoms with Crippen LogP contribution < -0.4 is 44.4 Å². The molecular weight excluding hydrogens is 783 g/mol. The van der Waals surface area contributed by atoms with Gasteiger partial charge in [-0.15, -0.1) is 11.3 Å². The molecule has 8 heteroatoms. The molecule has 0 spiro atoms. The summed E-state index contributed by atoms with van der Waals surface area (Å²) < 4.78 is 28.7. The summed E-state index contributed by atoms with van der Waals surface area (Å²) in [6.45, 7) is 32.4. The molecule has 4 aliphatic rings. The quantitative estimate of drug-likeness (QED) is 0.162. The summed E-state index contributed by atoms with van der Waals surface area (Å²) >= 11 is 1.93. The molecule has 0 saturated heterocycles. The number of ether oxygens (including phenoxy) is 4. The highest BCUT2D eigenvalue weighted by molar-refractivity contribution is 7.33. The van der Waals surface area contributed by atoms with Crippen LogP contribution in [0.15, 0.2) is 60.7 Å². The third-order valence-electron chi connectivity index (χ3n) is 13.5. The Balaban J connectivity index is 1.38. The Morgan fingerprint density at radius 1 is 0.516 bits per heavy atom. The summed E-state index contributed by atoms with van der Waals surface area (Å²) in [6.07, 6.45) is 1.70. The lowest BCUT2D eigenvalue weighted by Crippen LogP contribution is -2.60. The molecule has 4 aliphatic heterocycles. The smallest absolute Gasteiger partial charge is 0.264 e. The number of rotatable bonds is 2. The SMILES string of the molecule is Cc1cc(C(C)(C)C)cc(C)c1N1c2cc3c(cc2B2c4sc5ccc(C(C)(C)C)cc5c4N(c4c(C)cc5c(c4C)OCCCO5)c4cc(C(C)(C)C)cc1c42)OCCCO3. The summed E-state index contributed by atoms with van der Waals surface area (Å²) in [5, 5.41) is 1.28. The molecule has 0 radical (unpaired) electrons. The molecule has 62 heavy (non-hydrogen) atoms. The maximum absolute atomic E-state index is 6.59. The molecule has 0 atom stereocenters. The molecule has 0 saturated carbocycles. The molecule has 5 aromatic carbocycles. The van der Waals surface area contributed by atoms with Crippen molar-refractivity contribution in [1.29, 1.82) is 0 Å². The number of anilines is 6. The molecule has 320 valence electrons. The number of thiophene rings is 1. The Bertz CT molecular complexity index is 2810. The third kappa shape index (κ3) is 6.40. The highest BCUT2D eigenvalue weighted by Crippen LogP contribution is 2.54. The minimum absolute atomic E-state index is 0.00999. The topological polar surface area (TPSA) is 43.4 Å². The van der Waals surface area contributed by atoms with Crippen LogP contribution in [0.25, 0.3) is 10.1 Å². The van der Waals surface area contributed by atoms with Gasteiger partial charge in [0.1, 0.15) is 0 Å². The van der Waals surface area contributed by atoms with Crippen molar-refractivity contribution in [2.24, 2.45) is 0 Å². The molecule has 0 unspecified atom stereocenters. The van der Waals surface area contributed by atoms with Crippen LogP contribution in [-0.4, -0.2) is 33.1 Å². The Labute approximate surface area is 373 Å². The van der Waals surface area contributed by atoms with Gasteiger partial charge in [0, 0.05) is 56.4 Å².